The molecule has 0 aliphatic carbocycles. The first-order valence-corrected chi connectivity index (χ1v) is 6.45. The molecule has 0 amide bonds. The summed E-state index contributed by atoms with van der Waals surface area (Å²) in [6, 6.07) is 16.8. The van der Waals surface area contributed by atoms with Crippen LogP contribution >= 0.6 is 0 Å². The SMILES string of the molecule is COC(Cc1cccc(-c2ccccc2)c1C)OC. The molecule has 0 N–H and O–H groups in total. The second-order valence-corrected chi connectivity index (χ2v) is 4.56. The van der Waals surface area contributed by atoms with E-state index in [-0.39, 0.29) is 6.29 Å². The molecule has 0 saturated heterocycles. The van der Waals surface area contributed by atoms with Gasteiger partial charge in [-0.05, 0) is 29.2 Å². The minimum absolute atomic E-state index is 0.190. The van der Waals surface area contributed by atoms with Gasteiger partial charge in [0.15, 0.2) is 6.29 Å². The Morgan fingerprint density at radius 1 is 0.895 bits per heavy atom. The second-order valence-electron chi connectivity index (χ2n) is 4.56. The molecule has 0 saturated carbocycles. The minimum atomic E-state index is -0.190. The molecule has 0 atom stereocenters. The van der Waals surface area contributed by atoms with Gasteiger partial charge in [-0.15, -0.1) is 0 Å². The summed E-state index contributed by atoms with van der Waals surface area (Å²) in [5.74, 6) is 0. The van der Waals surface area contributed by atoms with Gasteiger partial charge in [-0.1, -0.05) is 48.5 Å². The van der Waals surface area contributed by atoms with Crippen molar-refractivity contribution < 1.29 is 9.47 Å². The van der Waals surface area contributed by atoms with Crippen molar-refractivity contribution >= 4 is 0 Å². The summed E-state index contributed by atoms with van der Waals surface area (Å²) < 4.78 is 10.6. The predicted molar refractivity (Wildman–Crippen MR) is 78.1 cm³/mol. The highest BCUT2D eigenvalue weighted by Crippen LogP contribution is 2.26. The van der Waals surface area contributed by atoms with Crippen LogP contribution in [0.5, 0.6) is 0 Å². The van der Waals surface area contributed by atoms with Crippen molar-refractivity contribution in [3.63, 3.8) is 0 Å². The summed E-state index contributed by atoms with van der Waals surface area (Å²) in [5.41, 5.74) is 5.06. The molecule has 2 aromatic carbocycles. The number of rotatable bonds is 5. The van der Waals surface area contributed by atoms with Crippen molar-refractivity contribution in [3.05, 3.63) is 59.7 Å². The van der Waals surface area contributed by atoms with Crippen molar-refractivity contribution in [2.75, 3.05) is 14.2 Å². The van der Waals surface area contributed by atoms with Crippen molar-refractivity contribution in [1.82, 2.24) is 0 Å². The molecule has 0 radical (unpaired) electrons. The Morgan fingerprint density at radius 2 is 1.58 bits per heavy atom. The van der Waals surface area contributed by atoms with Gasteiger partial charge in [-0.25, -0.2) is 0 Å². The maximum Gasteiger partial charge on any atom is 0.160 e. The van der Waals surface area contributed by atoms with E-state index >= 15 is 0 Å². The van der Waals surface area contributed by atoms with E-state index < -0.39 is 0 Å². The molecule has 0 aliphatic heterocycles. The molecule has 0 spiro atoms. The molecule has 0 fully saturated rings. The van der Waals surface area contributed by atoms with Gasteiger partial charge in [0, 0.05) is 20.6 Å². The first-order valence-electron chi connectivity index (χ1n) is 6.45. The van der Waals surface area contributed by atoms with E-state index in [0.717, 1.165) is 6.42 Å². The average molecular weight is 256 g/mol. The van der Waals surface area contributed by atoms with Crippen molar-refractivity contribution in [1.29, 1.82) is 0 Å². The van der Waals surface area contributed by atoms with Crippen molar-refractivity contribution in [2.45, 2.75) is 19.6 Å². The lowest BCUT2D eigenvalue weighted by molar-refractivity contribution is -0.100. The summed E-state index contributed by atoms with van der Waals surface area (Å²) in [6.45, 7) is 2.15. The van der Waals surface area contributed by atoms with Gasteiger partial charge in [0.1, 0.15) is 0 Å². The third-order valence-corrected chi connectivity index (χ3v) is 3.44. The topological polar surface area (TPSA) is 18.5 Å². The summed E-state index contributed by atoms with van der Waals surface area (Å²) in [5, 5.41) is 0. The minimum Gasteiger partial charge on any atom is -0.356 e. The van der Waals surface area contributed by atoms with E-state index in [9.17, 15) is 0 Å². The highest BCUT2D eigenvalue weighted by atomic mass is 16.7. The lowest BCUT2D eigenvalue weighted by Crippen LogP contribution is -2.16. The van der Waals surface area contributed by atoms with Crippen molar-refractivity contribution in [3.8, 4) is 11.1 Å². The Balaban J connectivity index is 2.33. The quantitative estimate of drug-likeness (QED) is 0.757. The monoisotopic (exact) mass is 256 g/mol. The highest BCUT2D eigenvalue weighted by molar-refractivity contribution is 5.68. The standard InChI is InChI=1S/C17H20O2/c1-13-15(12-17(18-2)19-3)10-7-11-16(13)14-8-5-4-6-9-14/h4-11,17H,12H2,1-3H3. The van der Waals surface area contributed by atoms with Gasteiger partial charge < -0.3 is 9.47 Å². The Labute approximate surface area is 115 Å². The first kappa shape index (κ1) is 13.8. The number of hydrogen-bond donors (Lipinski definition) is 0. The fraction of sp³-hybridized carbons (Fsp3) is 0.294. The Hall–Kier alpha value is -1.64. The van der Waals surface area contributed by atoms with Gasteiger partial charge in [-0.2, -0.15) is 0 Å². The Morgan fingerprint density at radius 3 is 2.21 bits per heavy atom. The van der Waals surface area contributed by atoms with Crippen molar-refractivity contribution in [2.24, 2.45) is 0 Å². The van der Waals surface area contributed by atoms with Gasteiger partial charge in [-0.3, -0.25) is 0 Å². The third kappa shape index (κ3) is 3.22. The molecule has 2 rings (SSSR count). The second kappa shape index (κ2) is 6.50. The largest absolute Gasteiger partial charge is 0.356 e. The molecule has 100 valence electrons. The van der Waals surface area contributed by atoms with Gasteiger partial charge in [0.05, 0.1) is 0 Å². The molecule has 2 nitrogen and oxygen atoms in total. The molecule has 2 aromatic rings. The molecular formula is C17H20O2. The zero-order valence-corrected chi connectivity index (χ0v) is 11.7. The number of methoxy groups -OCH3 is 2. The highest BCUT2D eigenvalue weighted by Gasteiger charge is 2.11. The summed E-state index contributed by atoms with van der Waals surface area (Å²) in [4.78, 5) is 0. The molecule has 0 unspecified atom stereocenters. The zero-order valence-electron chi connectivity index (χ0n) is 11.7. The normalized spacial score (nSPS) is 10.9. The maximum absolute atomic E-state index is 5.28. The smallest absolute Gasteiger partial charge is 0.160 e. The summed E-state index contributed by atoms with van der Waals surface area (Å²) >= 11 is 0. The van der Waals surface area contributed by atoms with Crippen LogP contribution in [-0.2, 0) is 15.9 Å². The number of ether oxygens (including phenoxy) is 2. The third-order valence-electron chi connectivity index (χ3n) is 3.44. The van der Waals surface area contributed by atoms with Gasteiger partial charge in [0.25, 0.3) is 0 Å². The first-order chi connectivity index (χ1) is 9.26. The van der Waals surface area contributed by atoms with Gasteiger partial charge in [0.2, 0.25) is 0 Å². The zero-order chi connectivity index (χ0) is 13.7. The van der Waals surface area contributed by atoms with E-state index in [1.54, 1.807) is 14.2 Å². The molecule has 19 heavy (non-hydrogen) atoms. The van der Waals surface area contributed by atoms with Crippen LogP contribution in [-0.4, -0.2) is 20.5 Å². The van der Waals surface area contributed by atoms with E-state index in [4.69, 9.17) is 9.47 Å². The fourth-order valence-electron chi connectivity index (χ4n) is 2.28. The molecule has 0 aliphatic rings. The van der Waals surface area contributed by atoms with Crippen LogP contribution < -0.4 is 0 Å². The van der Waals surface area contributed by atoms with Crippen LogP contribution in [0.1, 0.15) is 11.1 Å². The van der Waals surface area contributed by atoms with Crippen LogP contribution in [0.15, 0.2) is 48.5 Å². The Kier molecular flexibility index (Phi) is 4.72. The van der Waals surface area contributed by atoms with E-state index in [0.29, 0.717) is 0 Å². The lowest BCUT2D eigenvalue weighted by atomic mass is 9.95. The van der Waals surface area contributed by atoms with E-state index in [1.165, 1.54) is 22.3 Å². The molecule has 2 heteroatoms. The van der Waals surface area contributed by atoms with Crippen LogP contribution in [0.2, 0.25) is 0 Å². The average Bonchev–Trinajstić information content (AvgIpc) is 2.47. The predicted octanol–water partition coefficient (Wildman–Crippen LogP) is 3.82. The van der Waals surface area contributed by atoms with E-state index in [1.807, 2.05) is 6.07 Å². The molecule has 0 aromatic heterocycles. The molecule has 0 bridgehead atoms. The van der Waals surface area contributed by atoms with Crippen LogP contribution in [0.4, 0.5) is 0 Å². The van der Waals surface area contributed by atoms with Crippen LogP contribution in [0.25, 0.3) is 11.1 Å². The number of hydrogen-bond acceptors (Lipinski definition) is 2. The fourth-order valence-corrected chi connectivity index (χ4v) is 2.28. The Bertz CT molecular complexity index is 516. The van der Waals surface area contributed by atoms with E-state index in [2.05, 4.69) is 49.4 Å². The van der Waals surface area contributed by atoms with Crippen LogP contribution in [0, 0.1) is 6.92 Å². The van der Waals surface area contributed by atoms with Crippen LogP contribution in [0.3, 0.4) is 0 Å². The maximum atomic E-state index is 5.28. The summed E-state index contributed by atoms with van der Waals surface area (Å²) in [7, 11) is 3.34. The number of benzene rings is 2. The molecular weight excluding hydrogens is 236 g/mol. The molecule has 0 heterocycles. The van der Waals surface area contributed by atoms with Gasteiger partial charge >= 0.3 is 0 Å². The summed E-state index contributed by atoms with van der Waals surface area (Å²) in [6.07, 6.45) is 0.573. The lowest BCUT2D eigenvalue weighted by Gasteiger charge is -2.16.